The Morgan fingerprint density at radius 1 is 0.539 bits per heavy atom. The van der Waals surface area contributed by atoms with Gasteiger partial charge in [-0.05, 0) is 200 Å². The molecule has 2 nitrogen and oxygen atoms in total. The maximum absolute atomic E-state index is 2.91. The van der Waals surface area contributed by atoms with E-state index >= 15 is 0 Å². The van der Waals surface area contributed by atoms with Crippen molar-refractivity contribution in [2.24, 2.45) is 16.7 Å². The normalized spacial score (nSPS) is 27.1. The van der Waals surface area contributed by atoms with Crippen molar-refractivity contribution < 1.29 is 0 Å². The summed E-state index contributed by atoms with van der Waals surface area (Å²) in [6, 6.07) is 35.3. The molecule has 3 atom stereocenters. The molecule has 8 aliphatic rings. The van der Waals surface area contributed by atoms with Crippen molar-refractivity contribution in [1.82, 2.24) is 0 Å². The molecule has 2 fully saturated rings. The molecular weight excluding hydrogens is 936 g/mol. The summed E-state index contributed by atoms with van der Waals surface area (Å²) in [5.74, 6) is 0.443. The fourth-order valence-corrected chi connectivity index (χ4v) is 18.6. The van der Waals surface area contributed by atoms with Gasteiger partial charge in [0.1, 0.15) is 0 Å². The molecule has 0 amide bonds. The van der Waals surface area contributed by atoms with E-state index in [0.717, 1.165) is 6.42 Å². The predicted octanol–water partition coefficient (Wildman–Crippen LogP) is 19.0. The van der Waals surface area contributed by atoms with Crippen molar-refractivity contribution in [3.63, 3.8) is 0 Å². The van der Waals surface area contributed by atoms with Crippen LogP contribution in [0.1, 0.15) is 214 Å². The Labute approximate surface area is 461 Å². The summed E-state index contributed by atoms with van der Waals surface area (Å²) in [6.45, 7) is 43.0. The Morgan fingerprint density at radius 3 is 1.79 bits per heavy atom. The molecule has 4 heteroatoms. The Kier molecular flexibility index (Phi) is 9.84. The summed E-state index contributed by atoms with van der Waals surface area (Å²) in [5.41, 5.74) is 27.5. The molecule has 0 spiro atoms. The first kappa shape index (κ1) is 49.5. The van der Waals surface area contributed by atoms with E-state index in [9.17, 15) is 0 Å². The van der Waals surface area contributed by atoms with Gasteiger partial charge in [0, 0.05) is 54.0 Å². The van der Waals surface area contributed by atoms with Gasteiger partial charge in [-0.25, -0.2) is 0 Å². The standard InChI is InChI=1S/C72H85BN2S/c1-64(2,3)43-35-56-61-57(36-43)75(54-26-25-47-60(59(54)42-21-19-18-20-22-42)70(14,15)32-31-66(47,6)7)55-40-50-49(68(10,11)29-30-69(50,12)13)39-53(55)73(61)63-62(45-38-51-52(41-58(45)76-63)72(17)34-33-71(51,72)16)74(56)44-23-24-46-48(37-44)67(8,9)28-27-65(46,4)5/h18-26,35-39,41,50H,27-34,40H2,1-17H3/t50-,71?,72+/m1/s1. The number of anilines is 5. The van der Waals surface area contributed by atoms with Crippen LogP contribution in [0.3, 0.4) is 0 Å². The summed E-state index contributed by atoms with van der Waals surface area (Å²) in [5, 5.41) is 1.45. The van der Waals surface area contributed by atoms with Crippen LogP contribution in [0, 0.1) is 16.7 Å². The van der Waals surface area contributed by atoms with Crippen LogP contribution < -0.4 is 20.0 Å². The van der Waals surface area contributed by atoms with Crippen LogP contribution >= 0.6 is 11.3 Å². The van der Waals surface area contributed by atoms with Gasteiger partial charge in [0.2, 0.25) is 0 Å². The van der Waals surface area contributed by atoms with E-state index in [0.29, 0.717) is 5.92 Å². The lowest BCUT2D eigenvalue weighted by atomic mass is 9.34. The lowest BCUT2D eigenvalue weighted by molar-refractivity contribution is 0.0615. The highest BCUT2D eigenvalue weighted by molar-refractivity contribution is 7.33. The third-order valence-corrected chi connectivity index (χ3v) is 24.3. The summed E-state index contributed by atoms with van der Waals surface area (Å²) >= 11 is 2.13. The molecule has 0 radical (unpaired) electrons. The van der Waals surface area contributed by atoms with Gasteiger partial charge < -0.3 is 9.80 Å². The molecule has 5 aromatic carbocycles. The average molecular weight is 1020 g/mol. The van der Waals surface area contributed by atoms with Crippen LogP contribution in [-0.4, -0.2) is 6.71 Å². The highest BCUT2D eigenvalue weighted by atomic mass is 32.1. The van der Waals surface area contributed by atoms with Crippen molar-refractivity contribution in [3.05, 3.63) is 147 Å². The number of thiophene rings is 1. The van der Waals surface area contributed by atoms with E-state index in [4.69, 9.17) is 0 Å². The van der Waals surface area contributed by atoms with Gasteiger partial charge in [-0.2, -0.15) is 0 Å². The quantitative estimate of drug-likeness (QED) is 0.163. The molecule has 392 valence electrons. The van der Waals surface area contributed by atoms with Gasteiger partial charge >= 0.3 is 0 Å². The monoisotopic (exact) mass is 1020 g/mol. The van der Waals surface area contributed by atoms with Gasteiger partial charge in [-0.1, -0.05) is 172 Å². The zero-order chi connectivity index (χ0) is 53.6. The van der Waals surface area contributed by atoms with Gasteiger partial charge in [0.15, 0.2) is 0 Å². The first-order valence-electron chi connectivity index (χ1n) is 29.7. The number of fused-ring (bicyclic) bond motifs is 12. The average Bonchev–Trinajstić information content (AvgIpc) is 3.93. The molecule has 3 heterocycles. The number of nitrogens with zero attached hydrogens (tertiary/aromatic N) is 2. The summed E-state index contributed by atoms with van der Waals surface area (Å²) < 4.78 is 2.99. The molecule has 1 aromatic heterocycles. The molecule has 6 aliphatic carbocycles. The Morgan fingerprint density at radius 2 is 1.13 bits per heavy atom. The van der Waals surface area contributed by atoms with Crippen molar-refractivity contribution in [2.45, 2.75) is 213 Å². The van der Waals surface area contributed by atoms with Crippen LogP contribution in [0.2, 0.25) is 0 Å². The number of hydrogen-bond donors (Lipinski definition) is 0. The van der Waals surface area contributed by atoms with Gasteiger partial charge in [0.05, 0.1) is 11.4 Å². The van der Waals surface area contributed by atoms with Crippen molar-refractivity contribution in [3.8, 4) is 11.1 Å². The zero-order valence-corrected chi connectivity index (χ0v) is 50.3. The summed E-state index contributed by atoms with van der Waals surface area (Å²) in [6.07, 6.45) is 13.7. The lowest BCUT2D eigenvalue weighted by Gasteiger charge is -2.66. The topological polar surface area (TPSA) is 6.48 Å². The smallest absolute Gasteiger partial charge is 0.264 e. The molecule has 14 rings (SSSR count). The van der Waals surface area contributed by atoms with Crippen LogP contribution in [0.25, 0.3) is 21.2 Å². The predicted molar refractivity (Wildman–Crippen MR) is 329 cm³/mol. The maximum Gasteiger partial charge on any atom is 0.264 e. The Balaban J connectivity index is 1.14. The minimum Gasteiger partial charge on any atom is -0.314 e. The SMILES string of the molecule is CC1(C)CCC(C)(C)[C@@H]2CC3=C(C=C21)B1c2sc4cc5c(cc4c2N(c2ccc4c(c2)C(C)(C)CCC4(C)C)c2cc(C(C)(C)C)cc(c21)N3c1ccc2c(c1-c1ccccc1)C(C)(C)CCC2(C)C)C1(C)CC[C@@]51C. The fourth-order valence-electron chi connectivity index (χ4n) is 17.2. The highest BCUT2D eigenvalue weighted by Gasteiger charge is 2.64. The van der Waals surface area contributed by atoms with Crippen LogP contribution in [0.5, 0.6) is 0 Å². The number of hydrogen-bond acceptors (Lipinski definition) is 3. The van der Waals surface area contributed by atoms with Crippen LogP contribution in [0.4, 0.5) is 28.4 Å². The van der Waals surface area contributed by atoms with E-state index in [1.807, 2.05) is 0 Å². The van der Waals surface area contributed by atoms with Gasteiger partial charge in [-0.3, -0.25) is 0 Å². The summed E-state index contributed by atoms with van der Waals surface area (Å²) in [4.78, 5) is 5.74. The van der Waals surface area contributed by atoms with Crippen molar-refractivity contribution in [1.29, 1.82) is 0 Å². The van der Waals surface area contributed by atoms with Crippen molar-refractivity contribution >= 4 is 66.8 Å². The molecule has 6 aromatic rings. The molecule has 0 bridgehead atoms. The molecule has 0 saturated heterocycles. The molecule has 2 saturated carbocycles. The minimum atomic E-state index is -0.114. The van der Waals surface area contributed by atoms with Gasteiger partial charge in [-0.15, -0.1) is 11.3 Å². The Hall–Kier alpha value is -4.80. The first-order valence-corrected chi connectivity index (χ1v) is 30.5. The van der Waals surface area contributed by atoms with Crippen LogP contribution in [-0.2, 0) is 37.9 Å². The van der Waals surface area contributed by atoms with E-state index in [1.165, 1.54) is 139 Å². The molecule has 2 aliphatic heterocycles. The Bertz CT molecular complexity index is 3620. The lowest BCUT2D eigenvalue weighted by Crippen LogP contribution is -2.62. The number of rotatable bonds is 3. The molecular formula is C72H85BN2S. The molecule has 76 heavy (non-hydrogen) atoms. The third-order valence-electron chi connectivity index (χ3n) is 23.1. The second kappa shape index (κ2) is 15.1. The molecule has 0 N–H and O–H groups in total. The fraction of sp³-hybridized carbons (Fsp3) is 0.500. The number of allylic oxidation sites excluding steroid dienone is 4. The largest absolute Gasteiger partial charge is 0.314 e. The van der Waals surface area contributed by atoms with E-state index in [1.54, 1.807) is 27.7 Å². The summed E-state index contributed by atoms with van der Waals surface area (Å²) in [7, 11) is 0. The zero-order valence-electron chi connectivity index (χ0n) is 49.5. The van der Waals surface area contributed by atoms with Crippen LogP contribution in [0.15, 0.2) is 108 Å². The van der Waals surface area contributed by atoms with Gasteiger partial charge in [0.25, 0.3) is 6.71 Å². The number of benzene rings is 5. The third kappa shape index (κ3) is 6.40. The molecule has 1 unspecified atom stereocenters. The minimum absolute atomic E-state index is 0.00411. The van der Waals surface area contributed by atoms with E-state index < -0.39 is 0 Å². The second-order valence-corrected chi connectivity index (χ2v) is 32.4. The van der Waals surface area contributed by atoms with Crippen molar-refractivity contribution in [2.75, 3.05) is 9.80 Å². The highest BCUT2D eigenvalue weighted by Crippen LogP contribution is 2.70. The first-order chi connectivity index (χ1) is 35.5. The maximum atomic E-state index is 2.91. The van der Waals surface area contributed by atoms with E-state index in [-0.39, 0.29) is 55.4 Å². The second-order valence-electron chi connectivity index (χ2n) is 31.3. The van der Waals surface area contributed by atoms with E-state index in [2.05, 4.69) is 230 Å².